The van der Waals surface area contributed by atoms with Crippen molar-refractivity contribution in [2.24, 2.45) is 17.8 Å². The van der Waals surface area contributed by atoms with Crippen molar-refractivity contribution in [3.8, 4) is 0 Å². The van der Waals surface area contributed by atoms with Crippen LogP contribution < -0.4 is 21.3 Å². The Kier molecular flexibility index (Phi) is 21.0. The summed E-state index contributed by atoms with van der Waals surface area (Å²) in [5.74, 6) is 0.614. The van der Waals surface area contributed by atoms with Gasteiger partial charge in [-0.2, -0.15) is 0 Å². The van der Waals surface area contributed by atoms with Crippen molar-refractivity contribution in [2.75, 3.05) is 67.1 Å². The maximum atomic E-state index is 15.1. The molecule has 2 aliphatic carbocycles. The highest BCUT2D eigenvalue weighted by Gasteiger charge is 2.43. The summed E-state index contributed by atoms with van der Waals surface area (Å²) in [6, 6.07) is 5.23. The number of carbonyl (C=O) groups is 2. The number of hydrogen-bond donors (Lipinski definition) is 5. The Labute approximate surface area is 343 Å². The van der Waals surface area contributed by atoms with E-state index in [9.17, 15) is 14.7 Å². The van der Waals surface area contributed by atoms with E-state index in [1.54, 1.807) is 24.1 Å². The van der Waals surface area contributed by atoms with Gasteiger partial charge in [-0.05, 0) is 96.2 Å². The second-order valence-electron chi connectivity index (χ2n) is 17.2. The summed E-state index contributed by atoms with van der Waals surface area (Å²) in [6.07, 6.45) is 22.2. The molecule has 0 bridgehead atoms. The number of halogens is 2. The molecule has 0 aromatic heterocycles. The fraction of sp³-hybridized carbons (Fsp3) is 0.818. The van der Waals surface area contributed by atoms with Crippen molar-refractivity contribution >= 4 is 23.7 Å². The third-order valence-electron chi connectivity index (χ3n) is 12.8. The first-order valence-electron chi connectivity index (χ1n) is 22.2. The molecule has 0 radical (unpaired) electrons. The largest absolute Gasteiger partial charge is 0.385 e. The van der Waals surface area contributed by atoms with Gasteiger partial charge in [-0.1, -0.05) is 87.9 Å². The van der Waals surface area contributed by atoms with Gasteiger partial charge in [-0.3, -0.25) is 0 Å². The molecule has 2 heterocycles. The van der Waals surface area contributed by atoms with Crippen LogP contribution in [-0.4, -0.2) is 106 Å². The average molecular weight is 808 g/mol. The number of methoxy groups -OCH3 is 1. The number of aliphatic hydroxyl groups is 1. The number of amides is 4. The molecule has 0 spiro atoms. The van der Waals surface area contributed by atoms with Gasteiger partial charge in [0.1, 0.15) is 5.82 Å². The minimum atomic E-state index is -1.41. The first kappa shape index (κ1) is 46.5. The van der Waals surface area contributed by atoms with Crippen LogP contribution in [0.1, 0.15) is 134 Å². The third-order valence-corrected chi connectivity index (χ3v) is 13.1. The molecule has 4 atom stereocenters. The van der Waals surface area contributed by atoms with Crippen molar-refractivity contribution in [3.63, 3.8) is 0 Å². The van der Waals surface area contributed by atoms with E-state index in [1.807, 2.05) is 19.0 Å². The van der Waals surface area contributed by atoms with Gasteiger partial charge in [-0.15, -0.1) is 0 Å². The van der Waals surface area contributed by atoms with Crippen molar-refractivity contribution in [2.45, 2.75) is 146 Å². The number of rotatable bonds is 17. The first-order chi connectivity index (χ1) is 27.2. The summed E-state index contributed by atoms with van der Waals surface area (Å²) < 4.78 is 20.3. The fourth-order valence-electron chi connectivity index (χ4n) is 9.75. The van der Waals surface area contributed by atoms with E-state index in [0.717, 1.165) is 77.0 Å². The molecule has 1 aromatic rings. The fourth-order valence-corrected chi connectivity index (χ4v) is 9.92. The van der Waals surface area contributed by atoms with Crippen molar-refractivity contribution < 1.29 is 23.8 Å². The van der Waals surface area contributed by atoms with Gasteiger partial charge in [0.05, 0.1) is 10.6 Å². The lowest BCUT2D eigenvalue weighted by atomic mass is 9.74. The van der Waals surface area contributed by atoms with Gasteiger partial charge in [0, 0.05) is 76.6 Å². The molecular formula is C44H76ClFN6O4. The lowest BCUT2D eigenvalue weighted by Crippen LogP contribution is -2.54. The number of unbranched alkanes of at least 4 members (excludes halogenated alkanes) is 1. The number of likely N-dealkylation sites (N-methyl/N-ethyl adjacent to an activating group) is 2. The van der Waals surface area contributed by atoms with Crippen molar-refractivity contribution in [1.82, 2.24) is 31.1 Å². The van der Waals surface area contributed by atoms with E-state index in [4.69, 9.17) is 16.3 Å². The number of ether oxygens (including phenoxy) is 1. The molecule has 2 saturated carbocycles. The van der Waals surface area contributed by atoms with Gasteiger partial charge >= 0.3 is 12.1 Å². The quantitative estimate of drug-likeness (QED) is 0.101. The van der Waals surface area contributed by atoms with Gasteiger partial charge in [0.15, 0.2) is 0 Å². The predicted molar refractivity (Wildman–Crippen MR) is 226 cm³/mol. The van der Waals surface area contributed by atoms with E-state index in [-0.39, 0.29) is 40.6 Å². The molecule has 4 fully saturated rings. The number of urea groups is 2. The summed E-state index contributed by atoms with van der Waals surface area (Å²) in [7, 11) is 5.54. The molecule has 4 aliphatic rings. The molecule has 4 amide bonds. The van der Waals surface area contributed by atoms with E-state index >= 15 is 4.39 Å². The minimum absolute atomic E-state index is 0.00541. The highest BCUT2D eigenvalue weighted by atomic mass is 35.5. The maximum Gasteiger partial charge on any atom is 0.317 e. The average Bonchev–Trinajstić information content (AvgIpc) is 3.22. The Morgan fingerprint density at radius 2 is 1.34 bits per heavy atom. The molecule has 10 nitrogen and oxygen atoms in total. The smallest absolute Gasteiger partial charge is 0.317 e. The van der Waals surface area contributed by atoms with Gasteiger partial charge in [0.2, 0.25) is 0 Å². The van der Waals surface area contributed by atoms with E-state index in [2.05, 4.69) is 21.3 Å². The molecule has 5 rings (SSSR count). The maximum absolute atomic E-state index is 15.1. The molecular weight excluding hydrogens is 731 g/mol. The zero-order valence-electron chi connectivity index (χ0n) is 35.0. The second kappa shape index (κ2) is 25.3. The summed E-state index contributed by atoms with van der Waals surface area (Å²) in [5.41, 5.74) is -1.18. The number of carbonyl (C=O) groups excluding carboxylic acids is 2. The number of likely N-dealkylation sites (tertiary alicyclic amines) is 2. The Morgan fingerprint density at radius 3 is 1.89 bits per heavy atom. The van der Waals surface area contributed by atoms with E-state index in [1.165, 1.54) is 76.7 Å². The van der Waals surface area contributed by atoms with E-state index < -0.39 is 11.4 Å². The van der Waals surface area contributed by atoms with E-state index in [0.29, 0.717) is 38.5 Å². The molecule has 2 saturated heterocycles. The minimum Gasteiger partial charge on any atom is -0.385 e. The van der Waals surface area contributed by atoms with Crippen LogP contribution >= 0.6 is 11.6 Å². The molecule has 12 heteroatoms. The zero-order chi connectivity index (χ0) is 40.2. The van der Waals surface area contributed by atoms with Crippen LogP contribution in [0.3, 0.4) is 0 Å². The predicted octanol–water partition coefficient (Wildman–Crippen LogP) is 8.20. The summed E-state index contributed by atoms with van der Waals surface area (Å²) >= 11 is 6.10. The van der Waals surface area contributed by atoms with Crippen LogP contribution in [0.25, 0.3) is 0 Å². The Hall–Kier alpha value is -2.18. The summed E-state index contributed by atoms with van der Waals surface area (Å²) in [6.45, 7) is 5.08. The molecule has 1 aromatic carbocycles. The van der Waals surface area contributed by atoms with Gasteiger partial charge in [-0.25, -0.2) is 14.0 Å². The number of hydrogen-bond acceptors (Lipinski definition) is 6. The highest BCUT2D eigenvalue weighted by molar-refractivity contribution is 6.30. The zero-order valence-corrected chi connectivity index (χ0v) is 35.8. The first-order valence-corrected chi connectivity index (χ1v) is 22.6. The van der Waals surface area contributed by atoms with Crippen LogP contribution in [0, 0.1) is 23.6 Å². The number of nitrogens with zero attached hydrogens (tertiary/aromatic N) is 2. The third kappa shape index (κ3) is 14.9. The molecule has 320 valence electrons. The van der Waals surface area contributed by atoms with Crippen LogP contribution in [0.5, 0.6) is 0 Å². The Morgan fingerprint density at radius 1 is 0.804 bits per heavy atom. The van der Waals surface area contributed by atoms with Gasteiger partial charge < -0.3 is 40.9 Å². The second-order valence-corrected chi connectivity index (χ2v) is 17.6. The monoisotopic (exact) mass is 807 g/mol. The van der Waals surface area contributed by atoms with Crippen molar-refractivity contribution in [1.29, 1.82) is 0 Å². The van der Waals surface area contributed by atoms with Gasteiger partial charge in [0.25, 0.3) is 0 Å². The van der Waals surface area contributed by atoms with Crippen LogP contribution in [0.2, 0.25) is 5.02 Å². The molecule has 5 N–H and O–H groups in total. The highest BCUT2D eigenvalue weighted by Crippen LogP contribution is 2.42. The van der Waals surface area contributed by atoms with Crippen LogP contribution in [0.15, 0.2) is 18.2 Å². The molecule has 1 unspecified atom stereocenters. The van der Waals surface area contributed by atoms with Crippen LogP contribution in [-0.2, 0) is 10.3 Å². The van der Waals surface area contributed by atoms with Crippen LogP contribution in [0.4, 0.5) is 14.0 Å². The number of piperidine rings is 2. The standard InChI is InChI=1S/C28H45ClFN3O3.C16H31N3O/c1-31-19-23(18-21-10-4-3-5-11-21)32-27(34)33-16-9-12-22(20-33)28(35,15-6-7-17-36-2)24-13-8-14-25(29)26(24)30;1-17-13-15(12-14-8-4-2-5-9-14)18-16(20)19-10-6-3-7-11-19/h8,13-14,21-23,31,35H,3-7,9-12,15-20H2,1-2H3,(H,32,34);14-15,17H,2-13H2,1H3,(H,18,20)/t22-,23+,28?;15-/m10/s1. The number of nitrogens with one attached hydrogen (secondary N) is 4. The summed E-state index contributed by atoms with van der Waals surface area (Å²) in [4.78, 5) is 29.5. The molecule has 2 aliphatic heterocycles. The lowest BCUT2D eigenvalue weighted by molar-refractivity contribution is -0.0587. The summed E-state index contributed by atoms with van der Waals surface area (Å²) in [5, 5.41) is 25.0. The lowest BCUT2D eigenvalue weighted by Gasteiger charge is -2.43. The normalized spacial score (nSPS) is 22.0. The Balaban J connectivity index is 0.000000293. The topological polar surface area (TPSA) is 118 Å². The SMILES string of the molecule is CNC[C@H](CC1CCCCC1)NC(=O)N1CCCCC1.CNC[C@H](CC1CCCCC1)NC(=O)N1CCC[C@@H](C(O)(CCCCOC)c2cccc(Cl)c2F)C1. The number of benzene rings is 1. The van der Waals surface area contributed by atoms with Crippen molar-refractivity contribution in [3.05, 3.63) is 34.6 Å². The Bertz CT molecular complexity index is 1280. The molecule has 56 heavy (non-hydrogen) atoms.